The van der Waals surface area contributed by atoms with Crippen molar-refractivity contribution in [1.29, 1.82) is 0 Å². The van der Waals surface area contributed by atoms with Gasteiger partial charge in [0.1, 0.15) is 0 Å². The first-order chi connectivity index (χ1) is 11.5. The van der Waals surface area contributed by atoms with E-state index in [0.717, 1.165) is 5.56 Å². The van der Waals surface area contributed by atoms with Gasteiger partial charge in [-0.2, -0.15) is 0 Å². The number of aryl methyl sites for hydroxylation is 1. The summed E-state index contributed by atoms with van der Waals surface area (Å²) in [7, 11) is 0. The molecule has 2 aromatic rings. The number of halogens is 1. The zero-order valence-electron chi connectivity index (χ0n) is 14.1. The van der Waals surface area contributed by atoms with E-state index in [1.165, 1.54) is 0 Å². The summed E-state index contributed by atoms with van der Waals surface area (Å²) in [6.45, 7) is 7.09. The highest BCUT2D eigenvalue weighted by atomic mass is 35.5. The molecule has 0 atom stereocenters. The van der Waals surface area contributed by atoms with E-state index < -0.39 is 0 Å². The first-order valence-corrected chi connectivity index (χ1v) is 8.30. The second-order valence-electron chi connectivity index (χ2n) is 5.47. The van der Waals surface area contributed by atoms with Crippen molar-refractivity contribution >= 4 is 29.1 Å². The lowest BCUT2D eigenvalue weighted by Crippen LogP contribution is -2.30. The molecule has 0 aliphatic heterocycles. The molecule has 2 aromatic carbocycles. The van der Waals surface area contributed by atoms with Crippen molar-refractivity contribution in [3.8, 4) is 0 Å². The fourth-order valence-electron chi connectivity index (χ4n) is 2.42. The molecule has 2 amide bonds. The summed E-state index contributed by atoms with van der Waals surface area (Å²) in [5.41, 5.74) is 2.69. The molecule has 0 radical (unpaired) electrons. The Labute approximate surface area is 147 Å². The molecule has 1 N–H and O–H groups in total. The third kappa shape index (κ3) is 4.15. The lowest BCUT2D eigenvalue weighted by molar-refractivity contribution is 0.0772. The van der Waals surface area contributed by atoms with Crippen LogP contribution in [-0.2, 0) is 0 Å². The van der Waals surface area contributed by atoms with E-state index in [0.29, 0.717) is 34.9 Å². The lowest BCUT2D eigenvalue weighted by atomic mass is 10.1. The largest absolute Gasteiger partial charge is 0.339 e. The summed E-state index contributed by atoms with van der Waals surface area (Å²) in [6.07, 6.45) is 0. The van der Waals surface area contributed by atoms with Gasteiger partial charge >= 0.3 is 0 Å². The highest BCUT2D eigenvalue weighted by molar-refractivity contribution is 6.30. The number of benzene rings is 2. The normalized spacial score (nSPS) is 10.3. The summed E-state index contributed by atoms with van der Waals surface area (Å²) in [4.78, 5) is 26.3. The number of rotatable bonds is 5. The van der Waals surface area contributed by atoms with Crippen LogP contribution >= 0.6 is 11.6 Å². The SMILES string of the molecule is CCN(CC)C(=O)c1ccc(C(=O)Nc2ccc(Cl)cc2C)cc1. The second kappa shape index (κ2) is 7.97. The average molecular weight is 345 g/mol. The van der Waals surface area contributed by atoms with Crippen molar-refractivity contribution in [2.24, 2.45) is 0 Å². The van der Waals surface area contributed by atoms with Gasteiger partial charge in [0.2, 0.25) is 0 Å². The van der Waals surface area contributed by atoms with Crippen molar-refractivity contribution in [3.05, 3.63) is 64.2 Å². The van der Waals surface area contributed by atoms with Crippen LogP contribution in [0, 0.1) is 6.92 Å². The summed E-state index contributed by atoms with van der Waals surface area (Å²) < 4.78 is 0. The van der Waals surface area contributed by atoms with Crippen LogP contribution in [0.2, 0.25) is 5.02 Å². The van der Waals surface area contributed by atoms with Gasteiger partial charge in [-0.25, -0.2) is 0 Å². The van der Waals surface area contributed by atoms with E-state index in [9.17, 15) is 9.59 Å². The maximum atomic E-state index is 12.3. The molecule has 0 bridgehead atoms. The standard InChI is InChI=1S/C19H21ClN2O2/c1-4-22(5-2)19(24)15-8-6-14(7-9-15)18(23)21-17-11-10-16(20)12-13(17)3/h6-12H,4-5H2,1-3H3,(H,21,23). The van der Waals surface area contributed by atoms with Gasteiger partial charge in [0, 0.05) is 34.9 Å². The number of carbonyl (C=O) groups is 2. The molecule has 0 saturated carbocycles. The van der Waals surface area contributed by atoms with Crippen LogP contribution in [0.4, 0.5) is 5.69 Å². The number of hydrogen-bond acceptors (Lipinski definition) is 2. The summed E-state index contributed by atoms with van der Waals surface area (Å²) >= 11 is 5.92. The Morgan fingerprint density at radius 1 is 1.00 bits per heavy atom. The number of nitrogens with zero attached hydrogens (tertiary/aromatic N) is 1. The fraction of sp³-hybridized carbons (Fsp3) is 0.263. The van der Waals surface area contributed by atoms with Gasteiger partial charge in [0.25, 0.3) is 11.8 Å². The highest BCUT2D eigenvalue weighted by Crippen LogP contribution is 2.20. The van der Waals surface area contributed by atoms with Gasteiger partial charge in [-0.15, -0.1) is 0 Å². The van der Waals surface area contributed by atoms with Gasteiger partial charge in [-0.05, 0) is 68.8 Å². The molecule has 0 aliphatic rings. The maximum absolute atomic E-state index is 12.3. The van der Waals surface area contributed by atoms with Crippen LogP contribution in [0.1, 0.15) is 40.1 Å². The molecular weight excluding hydrogens is 324 g/mol. The molecule has 0 aliphatic carbocycles. The molecule has 0 unspecified atom stereocenters. The fourth-order valence-corrected chi connectivity index (χ4v) is 2.65. The Hall–Kier alpha value is -2.33. The molecular formula is C19H21ClN2O2. The van der Waals surface area contributed by atoms with E-state index in [1.54, 1.807) is 47.4 Å². The van der Waals surface area contributed by atoms with Gasteiger partial charge < -0.3 is 10.2 Å². The average Bonchev–Trinajstić information content (AvgIpc) is 2.58. The van der Waals surface area contributed by atoms with Gasteiger partial charge in [0.15, 0.2) is 0 Å². The van der Waals surface area contributed by atoms with E-state index in [2.05, 4.69) is 5.32 Å². The minimum atomic E-state index is -0.220. The number of nitrogens with one attached hydrogen (secondary N) is 1. The van der Waals surface area contributed by atoms with Crippen molar-refractivity contribution in [2.75, 3.05) is 18.4 Å². The van der Waals surface area contributed by atoms with E-state index in [1.807, 2.05) is 20.8 Å². The Bertz CT molecular complexity index is 738. The van der Waals surface area contributed by atoms with Crippen molar-refractivity contribution < 1.29 is 9.59 Å². The van der Waals surface area contributed by atoms with E-state index in [-0.39, 0.29) is 11.8 Å². The molecule has 0 spiro atoms. The topological polar surface area (TPSA) is 49.4 Å². The Balaban J connectivity index is 2.12. The van der Waals surface area contributed by atoms with Crippen LogP contribution in [0.15, 0.2) is 42.5 Å². The first-order valence-electron chi connectivity index (χ1n) is 7.93. The molecule has 5 heteroatoms. The van der Waals surface area contributed by atoms with Gasteiger partial charge in [0.05, 0.1) is 0 Å². The van der Waals surface area contributed by atoms with Crippen molar-refractivity contribution in [2.45, 2.75) is 20.8 Å². The van der Waals surface area contributed by atoms with Crippen LogP contribution in [0.25, 0.3) is 0 Å². The number of hydrogen-bond donors (Lipinski definition) is 1. The molecule has 126 valence electrons. The molecule has 0 heterocycles. The Morgan fingerprint density at radius 3 is 2.12 bits per heavy atom. The second-order valence-corrected chi connectivity index (χ2v) is 5.90. The van der Waals surface area contributed by atoms with Crippen LogP contribution < -0.4 is 5.32 Å². The molecule has 0 saturated heterocycles. The molecule has 0 fully saturated rings. The van der Waals surface area contributed by atoms with Crippen molar-refractivity contribution in [1.82, 2.24) is 4.90 Å². The summed E-state index contributed by atoms with van der Waals surface area (Å²) in [6, 6.07) is 12.0. The third-order valence-corrected chi connectivity index (χ3v) is 4.12. The predicted molar refractivity (Wildman–Crippen MR) is 97.8 cm³/mol. The molecule has 2 rings (SSSR count). The van der Waals surface area contributed by atoms with Gasteiger partial charge in [-0.3, -0.25) is 9.59 Å². The van der Waals surface area contributed by atoms with Crippen LogP contribution in [-0.4, -0.2) is 29.8 Å². The van der Waals surface area contributed by atoms with Crippen LogP contribution in [0.5, 0.6) is 0 Å². The smallest absolute Gasteiger partial charge is 0.255 e. The summed E-state index contributed by atoms with van der Waals surface area (Å²) in [5.74, 6) is -0.247. The zero-order valence-corrected chi connectivity index (χ0v) is 14.9. The predicted octanol–water partition coefficient (Wildman–Crippen LogP) is 4.38. The number of carbonyl (C=O) groups excluding carboxylic acids is 2. The summed E-state index contributed by atoms with van der Waals surface area (Å²) in [5, 5.41) is 3.48. The first kappa shape index (κ1) is 18.0. The lowest BCUT2D eigenvalue weighted by Gasteiger charge is -2.18. The quantitative estimate of drug-likeness (QED) is 0.874. The number of anilines is 1. The monoisotopic (exact) mass is 344 g/mol. The number of amides is 2. The molecule has 24 heavy (non-hydrogen) atoms. The third-order valence-electron chi connectivity index (χ3n) is 3.88. The maximum Gasteiger partial charge on any atom is 0.255 e. The van der Waals surface area contributed by atoms with Gasteiger partial charge in [-0.1, -0.05) is 11.6 Å². The minimum absolute atomic E-state index is 0.0273. The van der Waals surface area contributed by atoms with Crippen LogP contribution in [0.3, 0.4) is 0 Å². The van der Waals surface area contributed by atoms with E-state index >= 15 is 0 Å². The minimum Gasteiger partial charge on any atom is -0.339 e. The molecule has 0 aromatic heterocycles. The Kier molecular flexibility index (Phi) is 5.99. The van der Waals surface area contributed by atoms with Crippen molar-refractivity contribution in [3.63, 3.8) is 0 Å². The Morgan fingerprint density at radius 2 is 1.58 bits per heavy atom. The molecule has 4 nitrogen and oxygen atoms in total. The van der Waals surface area contributed by atoms with E-state index in [4.69, 9.17) is 11.6 Å². The zero-order chi connectivity index (χ0) is 17.7. The highest BCUT2D eigenvalue weighted by Gasteiger charge is 2.14.